The molecule has 0 radical (unpaired) electrons. The Bertz CT molecular complexity index is 347. The summed E-state index contributed by atoms with van der Waals surface area (Å²) in [5.74, 6) is 0. The first-order chi connectivity index (χ1) is 9.29. The van der Waals surface area contributed by atoms with Crippen molar-refractivity contribution < 1.29 is 4.74 Å². The maximum Gasteiger partial charge on any atom is 0.111 e. The van der Waals surface area contributed by atoms with Gasteiger partial charge in [-0.15, -0.1) is 0 Å². The fraction of sp³-hybridized carbons (Fsp3) is 0.625. The molecule has 3 nitrogen and oxygen atoms in total. The lowest BCUT2D eigenvalue weighted by molar-refractivity contribution is -0.0815. The average molecular weight is 262 g/mol. The zero-order chi connectivity index (χ0) is 13.5. The number of piperidine rings is 1. The molecule has 2 N–H and O–H groups in total. The topological polar surface area (TPSA) is 38.5 Å². The minimum absolute atomic E-state index is 0.248. The van der Waals surface area contributed by atoms with Gasteiger partial charge in [-0.3, -0.25) is 4.90 Å². The summed E-state index contributed by atoms with van der Waals surface area (Å²) in [5.41, 5.74) is 7.22. The lowest BCUT2D eigenvalue weighted by atomic mass is 10.1. The van der Waals surface area contributed by atoms with Crippen LogP contribution in [0.15, 0.2) is 30.3 Å². The summed E-state index contributed by atoms with van der Waals surface area (Å²) in [6.45, 7) is 5.06. The van der Waals surface area contributed by atoms with Gasteiger partial charge in [0.15, 0.2) is 0 Å². The van der Waals surface area contributed by atoms with Crippen LogP contribution < -0.4 is 5.73 Å². The molecule has 1 fully saturated rings. The Kier molecular flexibility index (Phi) is 5.83. The minimum Gasteiger partial charge on any atom is -0.358 e. The SMILES string of the molecule is CCCC(OCc1ccccc1)N1CCC(N)CC1. The van der Waals surface area contributed by atoms with E-state index in [-0.39, 0.29) is 6.23 Å². The molecule has 1 aliphatic heterocycles. The summed E-state index contributed by atoms with van der Waals surface area (Å²) >= 11 is 0. The number of hydrogen-bond acceptors (Lipinski definition) is 3. The van der Waals surface area contributed by atoms with E-state index in [2.05, 4.69) is 36.1 Å². The van der Waals surface area contributed by atoms with E-state index in [1.807, 2.05) is 6.07 Å². The molecule has 3 heteroatoms. The van der Waals surface area contributed by atoms with Gasteiger partial charge < -0.3 is 10.5 Å². The molecular weight excluding hydrogens is 236 g/mol. The molecule has 1 aromatic rings. The quantitative estimate of drug-likeness (QED) is 0.856. The van der Waals surface area contributed by atoms with E-state index >= 15 is 0 Å². The van der Waals surface area contributed by atoms with E-state index in [0.717, 1.165) is 38.8 Å². The third-order valence-corrected chi connectivity index (χ3v) is 3.80. The Morgan fingerprint density at radius 2 is 1.95 bits per heavy atom. The minimum atomic E-state index is 0.248. The Morgan fingerprint density at radius 3 is 2.58 bits per heavy atom. The highest BCUT2D eigenvalue weighted by Gasteiger charge is 2.23. The van der Waals surface area contributed by atoms with Crippen LogP contribution in [-0.4, -0.2) is 30.3 Å². The Morgan fingerprint density at radius 1 is 1.26 bits per heavy atom. The van der Waals surface area contributed by atoms with Crippen LogP contribution in [0.5, 0.6) is 0 Å². The number of hydrogen-bond donors (Lipinski definition) is 1. The third kappa shape index (κ3) is 4.60. The number of likely N-dealkylation sites (tertiary alicyclic amines) is 1. The van der Waals surface area contributed by atoms with Gasteiger partial charge in [-0.25, -0.2) is 0 Å². The zero-order valence-corrected chi connectivity index (χ0v) is 11.9. The van der Waals surface area contributed by atoms with Crippen molar-refractivity contribution in [1.29, 1.82) is 0 Å². The fourth-order valence-electron chi connectivity index (χ4n) is 2.59. The smallest absolute Gasteiger partial charge is 0.111 e. The molecule has 0 aliphatic carbocycles. The van der Waals surface area contributed by atoms with E-state index in [1.165, 1.54) is 5.56 Å². The van der Waals surface area contributed by atoms with E-state index in [1.54, 1.807) is 0 Å². The molecule has 0 bridgehead atoms. The molecule has 1 aromatic carbocycles. The number of nitrogens with two attached hydrogens (primary N) is 1. The summed E-state index contributed by atoms with van der Waals surface area (Å²) in [6, 6.07) is 10.8. The molecule has 1 atom stereocenters. The van der Waals surface area contributed by atoms with Gasteiger partial charge in [0.25, 0.3) is 0 Å². The number of ether oxygens (including phenoxy) is 1. The van der Waals surface area contributed by atoms with Crippen molar-refractivity contribution in [3.63, 3.8) is 0 Å². The van der Waals surface area contributed by atoms with Crippen LogP contribution in [0.3, 0.4) is 0 Å². The highest BCUT2D eigenvalue weighted by Crippen LogP contribution is 2.17. The highest BCUT2D eigenvalue weighted by molar-refractivity contribution is 5.13. The number of benzene rings is 1. The summed E-state index contributed by atoms with van der Waals surface area (Å²) in [5, 5.41) is 0. The molecule has 0 aromatic heterocycles. The molecule has 0 saturated carbocycles. The molecule has 1 aliphatic rings. The molecule has 1 unspecified atom stereocenters. The van der Waals surface area contributed by atoms with Gasteiger partial charge in [0.1, 0.15) is 6.23 Å². The second-order valence-electron chi connectivity index (χ2n) is 5.41. The first-order valence-corrected chi connectivity index (χ1v) is 7.44. The fourth-order valence-corrected chi connectivity index (χ4v) is 2.59. The average Bonchev–Trinajstić information content (AvgIpc) is 2.46. The van der Waals surface area contributed by atoms with E-state index in [9.17, 15) is 0 Å². The molecule has 1 saturated heterocycles. The Hall–Kier alpha value is -0.900. The molecule has 1 heterocycles. The van der Waals surface area contributed by atoms with Crippen LogP contribution in [-0.2, 0) is 11.3 Å². The normalized spacial score (nSPS) is 19.5. The van der Waals surface area contributed by atoms with Gasteiger partial charge >= 0.3 is 0 Å². The first kappa shape index (κ1) is 14.5. The van der Waals surface area contributed by atoms with Crippen LogP contribution in [0, 0.1) is 0 Å². The lowest BCUT2D eigenvalue weighted by Crippen LogP contribution is -2.46. The molecule has 0 amide bonds. The number of nitrogens with zero attached hydrogens (tertiary/aromatic N) is 1. The van der Waals surface area contributed by atoms with Crippen LogP contribution in [0.2, 0.25) is 0 Å². The first-order valence-electron chi connectivity index (χ1n) is 7.44. The monoisotopic (exact) mass is 262 g/mol. The maximum absolute atomic E-state index is 6.13. The standard InChI is InChI=1S/C16H26N2O/c1-2-6-16(18-11-9-15(17)10-12-18)19-13-14-7-4-3-5-8-14/h3-5,7-8,15-16H,2,6,9-13,17H2,1H3. The van der Waals surface area contributed by atoms with Crippen LogP contribution >= 0.6 is 0 Å². The maximum atomic E-state index is 6.13. The van der Waals surface area contributed by atoms with E-state index < -0.39 is 0 Å². The van der Waals surface area contributed by atoms with Gasteiger partial charge in [-0.2, -0.15) is 0 Å². The molecule has 19 heavy (non-hydrogen) atoms. The molecule has 0 spiro atoms. The van der Waals surface area contributed by atoms with Crippen molar-refractivity contribution in [2.75, 3.05) is 13.1 Å². The van der Waals surface area contributed by atoms with Crippen LogP contribution in [0.4, 0.5) is 0 Å². The van der Waals surface area contributed by atoms with Gasteiger partial charge in [0, 0.05) is 19.1 Å². The van der Waals surface area contributed by atoms with Gasteiger partial charge in [0.05, 0.1) is 6.61 Å². The highest BCUT2D eigenvalue weighted by atomic mass is 16.5. The van der Waals surface area contributed by atoms with E-state index in [4.69, 9.17) is 10.5 Å². The molecular formula is C16H26N2O. The predicted octanol–water partition coefficient (Wildman–Crippen LogP) is 2.75. The van der Waals surface area contributed by atoms with Crippen molar-refractivity contribution in [3.05, 3.63) is 35.9 Å². The molecule has 2 rings (SSSR count). The molecule has 106 valence electrons. The van der Waals surface area contributed by atoms with Crippen LogP contribution in [0.25, 0.3) is 0 Å². The Balaban J connectivity index is 1.85. The van der Waals surface area contributed by atoms with Crippen molar-refractivity contribution in [2.24, 2.45) is 5.73 Å². The lowest BCUT2D eigenvalue weighted by Gasteiger charge is -2.36. The third-order valence-electron chi connectivity index (χ3n) is 3.80. The van der Waals surface area contributed by atoms with Crippen molar-refractivity contribution >= 4 is 0 Å². The summed E-state index contributed by atoms with van der Waals surface area (Å²) < 4.78 is 6.13. The summed E-state index contributed by atoms with van der Waals surface area (Å²) in [4.78, 5) is 2.45. The largest absolute Gasteiger partial charge is 0.358 e. The zero-order valence-electron chi connectivity index (χ0n) is 11.9. The van der Waals surface area contributed by atoms with Crippen molar-refractivity contribution in [1.82, 2.24) is 4.90 Å². The van der Waals surface area contributed by atoms with Gasteiger partial charge in [-0.05, 0) is 24.8 Å². The van der Waals surface area contributed by atoms with Crippen molar-refractivity contribution in [2.45, 2.75) is 51.5 Å². The second kappa shape index (κ2) is 7.63. The van der Waals surface area contributed by atoms with Gasteiger partial charge in [0.2, 0.25) is 0 Å². The predicted molar refractivity (Wildman–Crippen MR) is 78.7 cm³/mol. The number of rotatable bonds is 6. The second-order valence-corrected chi connectivity index (χ2v) is 5.41. The summed E-state index contributed by atoms with van der Waals surface area (Å²) in [6.07, 6.45) is 4.69. The van der Waals surface area contributed by atoms with Gasteiger partial charge in [-0.1, -0.05) is 43.7 Å². The van der Waals surface area contributed by atoms with E-state index in [0.29, 0.717) is 12.6 Å². The van der Waals surface area contributed by atoms with Crippen LogP contribution in [0.1, 0.15) is 38.2 Å². The summed E-state index contributed by atoms with van der Waals surface area (Å²) in [7, 11) is 0. The Labute approximate surface area is 116 Å². The van der Waals surface area contributed by atoms with Crippen molar-refractivity contribution in [3.8, 4) is 0 Å².